The summed E-state index contributed by atoms with van der Waals surface area (Å²) in [4.78, 5) is 2.53. The molecule has 3 aromatic rings. The molecule has 1 fully saturated rings. The third-order valence-corrected chi connectivity index (χ3v) is 6.83. The first-order valence-electron chi connectivity index (χ1n) is 11.6. The Kier molecular flexibility index (Phi) is 6.94. The molecule has 1 aromatic heterocycles. The highest BCUT2D eigenvalue weighted by molar-refractivity contribution is 6.67. The second kappa shape index (κ2) is 10.0. The monoisotopic (exact) mass is 409 g/mol. The highest BCUT2D eigenvalue weighted by atomic mass is 15.1. The molecule has 1 aliphatic rings. The molecule has 1 saturated heterocycles. The van der Waals surface area contributed by atoms with Crippen LogP contribution >= 0.6 is 0 Å². The van der Waals surface area contributed by atoms with Crippen molar-refractivity contribution in [1.82, 2.24) is 9.47 Å². The molecule has 0 saturated carbocycles. The Morgan fingerprint density at radius 1 is 1.03 bits per heavy atom. The van der Waals surface area contributed by atoms with Gasteiger partial charge in [0.1, 0.15) is 0 Å². The highest BCUT2D eigenvalue weighted by Gasteiger charge is 2.22. The molecule has 1 aliphatic heterocycles. The molecule has 0 amide bonds. The lowest BCUT2D eigenvalue weighted by Crippen LogP contribution is -2.37. The van der Waals surface area contributed by atoms with Gasteiger partial charge in [0.2, 0.25) is 0 Å². The molecule has 3 nitrogen and oxygen atoms in total. The van der Waals surface area contributed by atoms with Crippen LogP contribution in [0, 0.1) is 18.2 Å². The van der Waals surface area contributed by atoms with Gasteiger partial charge >= 0.3 is 0 Å². The van der Waals surface area contributed by atoms with Crippen molar-refractivity contribution in [2.75, 3.05) is 19.6 Å². The summed E-state index contributed by atoms with van der Waals surface area (Å²) in [7, 11) is 0. The number of nitriles is 1. The van der Waals surface area contributed by atoms with Gasteiger partial charge < -0.3 is 9.47 Å². The standard InChI is InChI=1S/C27H32BN3/c1-3-23-10-12-24(13-11-23)20-26-22(2)31(27-9-5-4-8-25(26)27)17-7-6-16-30-18-14-28(21-29)15-19-30/h3-5,8-13H,1,6-7,14-20H2,2H3. The number of hydrogen-bond donors (Lipinski definition) is 0. The van der Waals surface area contributed by atoms with E-state index in [0.29, 0.717) is 0 Å². The fourth-order valence-corrected chi connectivity index (χ4v) is 4.88. The maximum absolute atomic E-state index is 9.07. The van der Waals surface area contributed by atoms with Crippen LogP contribution in [0.15, 0.2) is 55.1 Å². The number of hydrogen-bond acceptors (Lipinski definition) is 2. The molecular formula is C27H32BN3. The van der Waals surface area contributed by atoms with Gasteiger partial charge in [-0.05, 0) is 81.2 Å². The van der Waals surface area contributed by atoms with E-state index in [2.05, 4.69) is 77.5 Å². The predicted molar refractivity (Wildman–Crippen MR) is 133 cm³/mol. The maximum Gasteiger partial charge on any atom is 0.270 e. The van der Waals surface area contributed by atoms with Crippen molar-refractivity contribution in [1.29, 1.82) is 5.26 Å². The van der Waals surface area contributed by atoms with Gasteiger partial charge in [-0.3, -0.25) is 0 Å². The Labute approximate surface area is 187 Å². The van der Waals surface area contributed by atoms with Crippen molar-refractivity contribution in [2.45, 2.75) is 45.4 Å². The first-order chi connectivity index (χ1) is 15.2. The van der Waals surface area contributed by atoms with E-state index in [1.54, 1.807) is 0 Å². The van der Waals surface area contributed by atoms with Gasteiger partial charge in [-0.15, -0.1) is 0 Å². The summed E-state index contributed by atoms with van der Waals surface area (Å²) in [6, 6.07) is 17.6. The lowest BCUT2D eigenvalue weighted by Gasteiger charge is -2.27. The van der Waals surface area contributed by atoms with Crippen LogP contribution in [0.3, 0.4) is 0 Å². The average molecular weight is 409 g/mol. The first-order valence-corrected chi connectivity index (χ1v) is 11.6. The number of unbranched alkanes of at least 4 members (excludes halogenated alkanes) is 1. The number of para-hydroxylation sites is 1. The number of aromatic nitrogens is 1. The highest BCUT2D eigenvalue weighted by Crippen LogP contribution is 2.28. The van der Waals surface area contributed by atoms with Crippen LogP contribution in [0.2, 0.25) is 12.6 Å². The second-order valence-electron chi connectivity index (χ2n) is 8.81. The Bertz CT molecular complexity index is 1070. The molecule has 0 atom stereocenters. The van der Waals surface area contributed by atoms with Crippen molar-refractivity contribution >= 4 is 23.7 Å². The zero-order valence-corrected chi connectivity index (χ0v) is 18.7. The Morgan fingerprint density at radius 2 is 1.74 bits per heavy atom. The van der Waals surface area contributed by atoms with Gasteiger partial charge in [-0.25, -0.2) is 5.26 Å². The summed E-state index contributed by atoms with van der Waals surface area (Å²) < 4.78 is 2.52. The molecular weight excluding hydrogens is 377 g/mol. The molecule has 0 bridgehead atoms. The van der Waals surface area contributed by atoms with E-state index in [1.807, 2.05) is 6.08 Å². The number of rotatable bonds is 8. The fourth-order valence-electron chi connectivity index (χ4n) is 4.88. The van der Waals surface area contributed by atoms with E-state index in [9.17, 15) is 0 Å². The molecule has 0 N–H and O–H groups in total. The largest absolute Gasteiger partial charge is 0.345 e. The predicted octanol–water partition coefficient (Wildman–Crippen LogP) is 5.84. The Balaban J connectivity index is 1.42. The second-order valence-corrected chi connectivity index (χ2v) is 8.81. The van der Waals surface area contributed by atoms with Crippen LogP contribution in [0.5, 0.6) is 0 Å². The van der Waals surface area contributed by atoms with Gasteiger partial charge in [0.25, 0.3) is 6.71 Å². The van der Waals surface area contributed by atoms with Crippen LogP contribution < -0.4 is 0 Å². The molecule has 2 aromatic carbocycles. The first kappa shape index (κ1) is 21.5. The zero-order valence-electron chi connectivity index (χ0n) is 18.7. The Hall–Kier alpha value is -2.77. The lowest BCUT2D eigenvalue weighted by molar-refractivity contribution is 0.284. The van der Waals surface area contributed by atoms with Gasteiger partial charge in [-0.1, -0.05) is 55.1 Å². The lowest BCUT2D eigenvalue weighted by atomic mass is 9.45. The quantitative estimate of drug-likeness (QED) is 0.346. The van der Waals surface area contributed by atoms with E-state index >= 15 is 0 Å². The van der Waals surface area contributed by atoms with Crippen LogP contribution in [0.25, 0.3) is 17.0 Å². The molecule has 0 spiro atoms. The van der Waals surface area contributed by atoms with Crippen LogP contribution in [-0.2, 0) is 13.0 Å². The maximum atomic E-state index is 9.07. The summed E-state index contributed by atoms with van der Waals surface area (Å²) in [5.41, 5.74) is 6.70. The molecule has 4 rings (SSSR count). The summed E-state index contributed by atoms with van der Waals surface area (Å²) in [5, 5.41) is 10.5. The van der Waals surface area contributed by atoms with Gasteiger partial charge in [-0.2, -0.15) is 0 Å². The normalized spacial score (nSPS) is 14.6. The van der Waals surface area contributed by atoms with Crippen LogP contribution in [-0.4, -0.2) is 35.8 Å². The Morgan fingerprint density at radius 3 is 2.45 bits per heavy atom. The third-order valence-electron chi connectivity index (χ3n) is 6.83. The average Bonchev–Trinajstić information content (AvgIpc) is 3.08. The summed E-state index contributed by atoms with van der Waals surface area (Å²) >= 11 is 0. The van der Waals surface area contributed by atoms with E-state index in [1.165, 1.54) is 46.1 Å². The minimum Gasteiger partial charge on any atom is -0.345 e. The van der Waals surface area contributed by atoms with Crippen LogP contribution in [0.1, 0.15) is 35.2 Å². The SMILES string of the molecule is C=Cc1ccc(Cc2c(C)n(CCCCN3CCB(C#N)CC3)c3ccccc23)cc1. The van der Waals surface area contributed by atoms with Crippen molar-refractivity contribution in [3.8, 4) is 5.97 Å². The third kappa shape index (κ3) is 4.94. The van der Waals surface area contributed by atoms with Gasteiger partial charge in [0, 0.05) is 29.1 Å². The molecule has 0 aliphatic carbocycles. The van der Waals surface area contributed by atoms with Gasteiger partial charge in [0.05, 0.1) is 0 Å². The van der Waals surface area contributed by atoms with Crippen LogP contribution in [0.4, 0.5) is 0 Å². The zero-order chi connectivity index (χ0) is 21.6. The molecule has 0 radical (unpaired) electrons. The molecule has 0 unspecified atom stereocenters. The number of benzene rings is 2. The smallest absolute Gasteiger partial charge is 0.270 e. The fraction of sp³-hybridized carbons (Fsp3) is 0.370. The molecule has 31 heavy (non-hydrogen) atoms. The number of fused-ring (bicyclic) bond motifs is 1. The number of nitrogens with zero attached hydrogens (tertiary/aromatic N) is 3. The summed E-state index contributed by atoms with van der Waals surface area (Å²) in [6.45, 7) is 10.8. The number of aryl methyl sites for hydroxylation is 1. The molecule has 2 heterocycles. The van der Waals surface area contributed by atoms with E-state index < -0.39 is 0 Å². The minimum absolute atomic E-state index is 0.275. The molecule has 158 valence electrons. The minimum atomic E-state index is 0.275. The van der Waals surface area contributed by atoms with Crippen molar-refractivity contribution in [3.63, 3.8) is 0 Å². The summed E-state index contributed by atoms with van der Waals surface area (Å²) in [6.07, 6.45) is 7.33. The van der Waals surface area contributed by atoms with E-state index in [0.717, 1.165) is 45.2 Å². The topological polar surface area (TPSA) is 32.0 Å². The van der Waals surface area contributed by atoms with Crippen molar-refractivity contribution in [2.24, 2.45) is 0 Å². The van der Waals surface area contributed by atoms with E-state index in [4.69, 9.17) is 5.26 Å². The molecule has 4 heteroatoms. The van der Waals surface area contributed by atoms with E-state index in [-0.39, 0.29) is 6.71 Å². The van der Waals surface area contributed by atoms with Crippen molar-refractivity contribution in [3.05, 3.63) is 77.5 Å². The summed E-state index contributed by atoms with van der Waals surface area (Å²) in [5.74, 6) is 2.43. The van der Waals surface area contributed by atoms with Gasteiger partial charge in [0.15, 0.2) is 0 Å². The van der Waals surface area contributed by atoms with Crippen molar-refractivity contribution < 1.29 is 0 Å².